The zero-order chi connectivity index (χ0) is 20.1. The number of ether oxygens (including phenoxy) is 3. The fraction of sp³-hybridized carbons (Fsp3) is 0.300. The molecule has 0 bridgehead atoms. The van der Waals surface area contributed by atoms with Gasteiger partial charge >= 0.3 is 5.97 Å². The van der Waals surface area contributed by atoms with Crippen LogP contribution in [0, 0.1) is 0 Å². The van der Waals surface area contributed by atoms with Crippen molar-refractivity contribution >= 4 is 22.7 Å². The zero-order valence-corrected chi connectivity index (χ0v) is 16.4. The summed E-state index contributed by atoms with van der Waals surface area (Å²) in [4.78, 5) is 24.5. The molecule has 1 N–H and O–H groups in total. The molecular formula is C20H21NO6S. The fourth-order valence-corrected chi connectivity index (χ4v) is 3.34. The first-order valence-electron chi connectivity index (χ1n) is 8.68. The number of carbonyl (C=O) groups is 2. The molecule has 1 heterocycles. The molecule has 8 heteroatoms. The molecule has 2 aromatic rings. The van der Waals surface area contributed by atoms with E-state index in [2.05, 4.69) is 5.32 Å². The number of hydrogen-bond acceptors (Lipinski definition) is 6. The molecule has 2 atom stereocenters. The number of benzene rings is 2. The lowest BCUT2D eigenvalue weighted by molar-refractivity contribution is -0.129. The van der Waals surface area contributed by atoms with Crippen molar-refractivity contribution < 1.29 is 28.0 Å². The lowest BCUT2D eigenvalue weighted by Gasteiger charge is -2.14. The second-order valence-electron chi connectivity index (χ2n) is 6.37. The molecule has 1 amide bonds. The van der Waals surface area contributed by atoms with Gasteiger partial charge in [0, 0.05) is 29.4 Å². The van der Waals surface area contributed by atoms with Gasteiger partial charge in [-0.2, -0.15) is 0 Å². The lowest BCUT2D eigenvalue weighted by atomic mass is 10.1. The highest BCUT2D eigenvalue weighted by Gasteiger charge is 2.19. The van der Waals surface area contributed by atoms with Crippen LogP contribution in [0.4, 0.5) is 0 Å². The van der Waals surface area contributed by atoms with Gasteiger partial charge in [0.05, 0.1) is 5.56 Å². The average Bonchev–Trinajstić information content (AvgIpc) is 3.13. The van der Waals surface area contributed by atoms with E-state index in [-0.39, 0.29) is 13.3 Å². The first-order valence-corrected chi connectivity index (χ1v) is 10.4. The summed E-state index contributed by atoms with van der Waals surface area (Å²) >= 11 is 0. The molecule has 0 saturated heterocycles. The van der Waals surface area contributed by atoms with Gasteiger partial charge in [-0.25, -0.2) is 4.79 Å². The van der Waals surface area contributed by atoms with E-state index in [0.29, 0.717) is 22.8 Å². The van der Waals surface area contributed by atoms with Crippen molar-refractivity contribution in [2.45, 2.75) is 25.3 Å². The van der Waals surface area contributed by atoms with Crippen LogP contribution in [0.2, 0.25) is 0 Å². The van der Waals surface area contributed by atoms with E-state index < -0.39 is 28.8 Å². The Labute approximate surface area is 165 Å². The van der Waals surface area contributed by atoms with Crippen molar-refractivity contribution in [2.75, 3.05) is 13.0 Å². The first-order chi connectivity index (χ1) is 13.4. The molecule has 0 spiro atoms. The standard InChI is InChI=1S/C20H21NO6S/c1-13(27-20(23)16-5-3-4-15(8-16)11-28(2)24)19(22)21-10-14-6-7-17-18(9-14)26-12-25-17/h3-9,13H,10-12H2,1-2H3,(H,21,22). The quantitative estimate of drug-likeness (QED) is 0.713. The molecule has 28 heavy (non-hydrogen) atoms. The number of carbonyl (C=O) groups excluding carboxylic acids is 2. The number of amides is 1. The molecule has 0 radical (unpaired) electrons. The molecule has 0 fully saturated rings. The summed E-state index contributed by atoms with van der Waals surface area (Å²) in [7, 11) is -1.01. The van der Waals surface area contributed by atoms with E-state index in [9.17, 15) is 13.8 Å². The first kappa shape index (κ1) is 19.9. The van der Waals surface area contributed by atoms with Crippen LogP contribution >= 0.6 is 0 Å². The molecule has 1 aliphatic rings. The Balaban J connectivity index is 1.53. The van der Waals surface area contributed by atoms with E-state index in [0.717, 1.165) is 11.1 Å². The normalized spacial score (nSPS) is 14.2. The summed E-state index contributed by atoms with van der Waals surface area (Å²) in [5.74, 6) is 0.657. The monoisotopic (exact) mass is 403 g/mol. The second kappa shape index (κ2) is 8.88. The van der Waals surface area contributed by atoms with Crippen LogP contribution in [0.1, 0.15) is 28.4 Å². The Hall–Kier alpha value is -2.87. The number of esters is 1. The Morgan fingerprint density at radius 1 is 1.14 bits per heavy atom. The van der Waals surface area contributed by atoms with Gasteiger partial charge < -0.3 is 19.5 Å². The molecule has 0 aliphatic carbocycles. The predicted octanol–water partition coefficient (Wildman–Crippen LogP) is 2.16. The second-order valence-corrected chi connectivity index (χ2v) is 7.81. The summed E-state index contributed by atoms with van der Waals surface area (Å²) in [6, 6.07) is 12.1. The smallest absolute Gasteiger partial charge is 0.338 e. The lowest BCUT2D eigenvalue weighted by Crippen LogP contribution is -2.35. The Bertz CT molecular complexity index is 913. The van der Waals surface area contributed by atoms with Crippen LogP contribution in [0.15, 0.2) is 42.5 Å². The molecule has 2 unspecified atom stereocenters. The Morgan fingerprint density at radius 2 is 1.93 bits per heavy atom. The molecule has 3 rings (SSSR count). The third-order valence-electron chi connectivity index (χ3n) is 4.09. The Morgan fingerprint density at radius 3 is 2.71 bits per heavy atom. The summed E-state index contributed by atoms with van der Waals surface area (Å²) in [5.41, 5.74) is 1.94. The third kappa shape index (κ3) is 5.10. The van der Waals surface area contributed by atoms with E-state index >= 15 is 0 Å². The highest BCUT2D eigenvalue weighted by Crippen LogP contribution is 2.32. The molecule has 0 aromatic heterocycles. The van der Waals surface area contributed by atoms with Gasteiger partial charge in [0.2, 0.25) is 6.79 Å². The molecule has 2 aromatic carbocycles. The van der Waals surface area contributed by atoms with Crippen LogP contribution < -0.4 is 14.8 Å². The van der Waals surface area contributed by atoms with Gasteiger partial charge in [0.25, 0.3) is 5.91 Å². The van der Waals surface area contributed by atoms with Crippen molar-refractivity contribution in [3.8, 4) is 11.5 Å². The summed E-state index contributed by atoms with van der Waals surface area (Å²) in [6.07, 6.45) is 0.642. The number of rotatable bonds is 7. The minimum absolute atomic E-state index is 0.188. The van der Waals surface area contributed by atoms with Crippen LogP contribution in [0.5, 0.6) is 11.5 Å². The zero-order valence-electron chi connectivity index (χ0n) is 15.6. The molecule has 0 saturated carbocycles. The average molecular weight is 403 g/mol. The van der Waals surface area contributed by atoms with Crippen molar-refractivity contribution in [1.82, 2.24) is 5.32 Å². The van der Waals surface area contributed by atoms with Crippen LogP contribution in [-0.4, -0.2) is 35.2 Å². The SMILES string of the molecule is CC(OC(=O)c1cccc(CS(C)=O)c1)C(=O)NCc1ccc2c(c1)OCO2. The highest BCUT2D eigenvalue weighted by atomic mass is 32.2. The molecule has 1 aliphatic heterocycles. The predicted molar refractivity (Wildman–Crippen MR) is 104 cm³/mol. The minimum Gasteiger partial charge on any atom is -0.454 e. The minimum atomic E-state index is -1.01. The summed E-state index contributed by atoms with van der Waals surface area (Å²) in [5, 5.41) is 2.73. The highest BCUT2D eigenvalue weighted by molar-refractivity contribution is 7.83. The van der Waals surface area contributed by atoms with Crippen molar-refractivity contribution in [2.24, 2.45) is 0 Å². The van der Waals surface area contributed by atoms with Crippen LogP contribution in [-0.2, 0) is 32.6 Å². The van der Waals surface area contributed by atoms with Gasteiger partial charge in [-0.15, -0.1) is 0 Å². The van der Waals surface area contributed by atoms with Gasteiger partial charge in [0.15, 0.2) is 17.6 Å². The number of nitrogens with one attached hydrogen (secondary N) is 1. The maximum Gasteiger partial charge on any atom is 0.338 e. The van der Waals surface area contributed by atoms with E-state index in [4.69, 9.17) is 14.2 Å². The van der Waals surface area contributed by atoms with Gasteiger partial charge in [-0.3, -0.25) is 9.00 Å². The summed E-state index contributed by atoms with van der Waals surface area (Å²) in [6.45, 7) is 1.97. The van der Waals surface area contributed by atoms with Crippen molar-refractivity contribution in [3.63, 3.8) is 0 Å². The molecule has 7 nitrogen and oxygen atoms in total. The van der Waals surface area contributed by atoms with E-state index in [1.807, 2.05) is 6.07 Å². The summed E-state index contributed by atoms with van der Waals surface area (Å²) < 4.78 is 27.1. The van der Waals surface area contributed by atoms with Gasteiger partial charge in [0.1, 0.15) is 0 Å². The topological polar surface area (TPSA) is 90.9 Å². The van der Waals surface area contributed by atoms with Crippen LogP contribution in [0.25, 0.3) is 0 Å². The maximum absolute atomic E-state index is 12.3. The Kier molecular flexibility index (Phi) is 6.30. The van der Waals surface area contributed by atoms with E-state index in [1.165, 1.54) is 6.92 Å². The third-order valence-corrected chi connectivity index (χ3v) is 4.83. The van der Waals surface area contributed by atoms with Crippen molar-refractivity contribution in [3.05, 3.63) is 59.2 Å². The fourth-order valence-electron chi connectivity index (χ4n) is 2.69. The molecule has 148 valence electrons. The van der Waals surface area contributed by atoms with Gasteiger partial charge in [-0.05, 0) is 42.3 Å². The van der Waals surface area contributed by atoms with Crippen molar-refractivity contribution in [1.29, 1.82) is 0 Å². The van der Waals surface area contributed by atoms with E-state index in [1.54, 1.807) is 42.7 Å². The number of fused-ring (bicyclic) bond motifs is 1. The maximum atomic E-state index is 12.3. The number of hydrogen-bond donors (Lipinski definition) is 1. The molecular weight excluding hydrogens is 382 g/mol. The largest absolute Gasteiger partial charge is 0.454 e. The van der Waals surface area contributed by atoms with Crippen LogP contribution in [0.3, 0.4) is 0 Å². The van der Waals surface area contributed by atoms with Gasteiger partial charge in [-0.1, -0.05) is 18.2 Å².